The van der Waals surface area contributed by atoms with E-state index in [1.165, 1.54) is 10.9 Å². The fourth-order valence-corrected chi connectivity index (χ4v) is 3.43. The summed E-state index contributed by atoms with van der Waals surface area (Å²) in [4.78, 5) is 17.7. The van der Waals surface area contributed by atoms with Crippen LogP contribution in [0.5, 0.6) is 0 Å². The highest BCUT2D eigenvalue weighted by molar-refractivity contribution is 5.80. The van der Waals surface area contributed by atoms with E-state index in [1.807, 2.05) is 23.4 Å². The summed E-state index contributed by atoms with van der Waals surface area (Å²) in [5.74, 6) is 0.403. The maximum Gasteiger partial charge on any atom is 0.244 e. The molecule has 1 unspecified atom stereocenters. The largest absolute Gasteiger partial charge is 0.379 e. The molecule has 0 saturated carbocycles. The van der Waals surface area contributed by atoms with Crippen molar-refractivity contribution in [2.75, 3.05) is 26.3 Å². The summed E-state index contributed by atoms with van der Waals surface area (Å²) in [5.41, 5.74) is 2.43. The first-order valence-electron chi connectivity index (χ1n) is 8.67. The van der Waals surface area contributed by atoms with Gasteiger partial charge in [-0.05, 0) is 41.6 Å². The van der Waals surface area contributed by atoms with E-state index in [1.54, 1.807) is 10.9 Å². The number of nitrogens with one attached hydrogen (secondary N) is 1. The molecule has 1 N–H and O–H groups in total. The Kier molecular flexibility index (Phi) is 4.52. The van der Waals surface area contributed by atoms with E-state index in [-0.39, 0.29) is 12.5 Å². The Labute approximate surface area is 146 Å². The van der Waals surface area contributed by atoms with Gasteiger partial charge in [-0.1, -0.05) is 6.07 Å². The lowest BCUT2D eigenvalue weighted by Crippen LogP contribution is -2.38. The Hall–Kier alpha value is -2.60. The minimum Gasteiger partial charge on any atom is -0.379 e. The van der Waals surface area contributed by atoms with Gasteiger partial charge in [0.25, 0.3) is 0 Å². The molecular weight excluding hydrogens is 316 g/mol. The molecule has 3 aromatic rings. The van der Waals surface area contributed by atoms with Crippen molar-refractivity contribution in [1.82, 2.24) is 19.7 Å². The van der Waals surface area contributed by atoms with Gasteiger partial charge in [-0.15, -0.1) is 0 Å². The van der Waals surface area contributed by atoms with Crippen LogP contribution in [0.4, 0.5) is 0 Å². The van der Waals surface area contributed by atoms with E-state index in [2.05, 4.69) is 34.3 Å². The van der Waals surface area contributed by atoms with E-state index < -0.39 is 0 Å². The molecule has 1 saturated heterocycles. The van der Waals surface area contributed by atoms with E-state index in [9.17, 15) is 4.79 Å². The predicted octanol–water partition coefficient (Wildman–Crippen LogP) is 2.08. The van der Waals surface area contributed by atoms with Crippen molar-refractivity contribution in [1.29, 1.82) is 0 Å². The molecular formula is C19H22N4O2. The van der Waals surface area contributed by atoms with E-state index >= 15 is 0 Å². The van der Waals surface area contributed by atoms with Crippen LogP contribution in [0.15, 0.2) is 48.9 Å². The molecule has 1 aliphatic heterocycles. The second kappa shape index (κ2) is 7.11. The second-order valence-electron chi connectivity index (χ2n) is 6.59. The molecule has 0 aliphatic carbocycles. The summed E-state index contributed by atoms with van der Waals surface area (Å²) in [6.45, 7) is 2.95. The fraction of sp³-hybridized carbons (Fsp3) is 0.368. The van der Waals surface area contributed by atoms with Gasteiger partial charge >= 0.3 is 0 Å². The zero-order valence-electron chi connectivity index (χ0n) is 14.1. The maximum absolute atomic E-state index is 12.6. The molecule has 0 radical (unpaired) electrons. The molecule has 1 atom stereocenters. The number of hydrogen-bond acceptors (Lipinski definition) is 3. The fourth-order valence-electron chi connectivity index (χ4n) is 3.43. The standard InChI is InChI=1S/C19H22N4O2/c24-19(13-23-7-1-5-21-23)22-8-9-25-14-16(12-22)10-15-2-3-18-17(11-15)4-6-20-18/h1-7,11,16,20H,8-10,12-14H2. The van der Waals surface area contributed by atoms with Gasteiger partial charge < -0.3 is 14.6 Å². The van der Waals surface area contributed by atoms with Crippen LogP contribution in [0.1, 0.15) is 5.56 Å². The Morgan fingerprint density at radius 2 is 2.32 bits per heavy atom. The average Bonchev–Trinajstić information content (AvgIpc) is 3.23. The molecule has 3 heterocycles. The first-order chi connectivity index (χ1) is 12.3. The molecule has 25 heavy (non-hydrogen) atoms. The van der Waals surface area contributed by atoms with Crippen LogP contribution in [0, 0.1) is 5.92 Å². The lowest BCUT2D eigenvalue weighted by Gasteiger charge is -2.23. The summed E-state index contributed by atoms with van der Waals surface area (Å²) in [5, 5.41) is 5.34. The van der Waals surface area contributed by atoms with Crippen molar-refractivity contribution in [3.8, 4) is 0 Å². The lowest BCUT2D eigenvalue weighted by atomic mass is 9.98. The normalized spacial score (nSPS) is 18.4. The maximum atomic E-state index is 12.6. The number of H-pyrrole nitrogens is 1. The van der Waals surface area contributed by atoms with Gasteiger partial charge in [0, 0.05) is 43.1 Å². The van der Waals surface area contributed by atoms with Gasteiger partial charge in [0.05, 0.1) is 13.2 Å². The van der Waals surface area contributed by atoms with Gasteiger partial charge in [-0.25, -0.2) is 0 Å². The Morgan fingerprint density at radius 3 is 3.20 bits per heavy atom. The number of carbonyl (C=O) groups is 1. The number of ether oxygens (including phenoxy) is 1. The zero-order chi connectivity index (χ0) is 17.1. The van der Waals surface area contributed by atoms with Crippen molar-refractivity contribution < 1.29 is 9.53 Å². The van der Waals surface area contributed by atoms with Gasteiger partial charge in [0.1, 0.15) is 6.54 Å². The molecule has 0 spiro atoms. The van der Waals surface area contributed by atoms with Gasteiger partial charge in [-0.2, -0.15) is 5.10 Å². The number of aromatic amines is 1. The number of fused-ring (bicyclic) bond motifs is 1. The topological polar surface area (TPSA) is 63.1 Å². The first kappa shape index (κ1) is 15.9. The molecule has 6 nitrogen and oxygen atoms in total. The summed E-state index contributed by atoms with van der Waals surface area (Å²) in [6, 6.07) is 10.4. The number of carbonyl (C=O) groups excluding carboxylic acids is 1. The minimum atomic E-state index is 0.0975. The number of aromatic nitrogens is 3. The molecule has 1 fully saturated rings. The number of amides is 1. The summed E-state index contributed by atoms with van der Waals surface area (Å²) < 4.78 is 7.41. The molecule has 1 amide bonds. The lowest BCUT2D eigenvalue weighted by molar-refractivity contribution is -0.132. The highest BCUT2D eigenvalue weighted by Crippen LogP contribution is 2.19. The highest BCUT2D eigenvalue weighted by Gasteiger charge is 2.23. The number of benzene rings is 1. The quantitative estimate of drug-likeness (QED) is 0.792. The van der Waals surface area contributed by atoms with Crippen LogP contribution >= 0.6 is 0 Å². The molecule has 0 bridgehead atoms. The number of rotatable bonds is 4. The van der Waals surface area contributed by atoms with Gasteiger partial charge in [0.2, 0.25) is 5.91 Å². The average molecular weight is 338 g/mol. The Balaban J connectivity index is 1.43. The van der Waals surface area contributed by atoms with Crippen molar-refractivity contribution in [2.45, 2.75) is 13.0 Å². The van der Waals surface area contributed by atoms with Gasteiger partial charge in [-0.3, -0.25) is 9.48 Å². The smallest absolute Gasteiger partial charge is 0.244 e. The molecule has 2 aromatic heterocycles. The molecule has 4 rings (SSSR count). The first-order valence-corrected chi connectivity index (χ1v) is 8.67. The van der Waals surface area contributed by atoms with E-state index in [4.69, 9.17) is 4.74 Å². The SMILES string of the molecule is O=C(Cn1cccn1)N1CCOCC(Cc2ccc3[nH]ccc3c2)C1. The van der Waals surface area contributed by atoms with Gasteiger partial charge in [0.15, 0.2) is 0 Å². The molecule has 130 valence electrons. The third-order valence-corrected chi connectivity index (χ3v) is 4.69. The van der Waals surface area contributed by atoms with Crippen molar-refractivity contribution in [3.63, 3.8) is 0 Å². The minimum absolute atomic E-state index is 0.0975. The van der Waals surface area contributed by atoms with Crippen LogP contribution in [0.3, 0.4) is 0 Å². The van der Waals surface area contributed by atoms with Crippen LogP contribution in [0.2, 0.25) is 0 Å². The Morgan fingerprint density at radius 1 is 1.36 bits per heavy atom. The third-order valence-electron chi connectivity index (χ3n) is 4.69. The predicted molar refractivity (Wildman–Crippen MR) is 95.1 cm³/mol. The van der Waals surface area contributed by atoms with E-state index in [0.29, 0.717) is 25.7 Å². The summed E-state index contributed by atoms with van der Waals surface area (Å²) >= 11 is 0. The van der Waals surface area contributed by atoms with E-state index in [0.717, 1.165) is 18.5 Å². The van der Waals surface area contributed by atoms with Crippen LogP contribution in [-0.4, -0.2) is 51.9 Å². The summed E-state index contributed by atoms with van der Waals surface area (Å²) in [7, 11) is 0. The monoisotopic (exact) mass is 338 g/mol. The second-order valence-corrected chi connectivity index (χ2v) is 6.59. The van der Waals surface area contributed by atoms with Crippen molar-refractivity contribution >= 4 is 16.8 Å². The number of hydrogen-bond donors (Lipinski definition) is 1. The van der Waals surface area contributed by atoms with Crippen molar-refractivity contribution in [2.24, 2.45) is 5.92 Å². The zero-order valence-corrected chi connectivity index (χ0v) is 14.1. The molecule has 1 aliphatic rings. The van der Waals surface area contributed by atoms with Crippen LogP contribution < -0.4 is 0 Å². The summed E-state index contributed by atoms with van der Waals surface area (Å²) in [6.07, 6.45) is 6.38. The Bertz CT molecular complexity index is 840. The molecule has 1 aromatic carbocycles. The van der Waals surface area contributed by atoms with Crippen LogP contribution in [-0.2, 0) is 22.5 Å². The third kappa shape index (κ3) is 3.74. The van der Waals surface area contributed by atoms with Crippen LogP contribution in [0.25, 0.3) is 10.9 Å². The van der Waals surface area contributed by atoms with Crippen molar-refractivity contribution in [3.05, 3.63) is 54.5 Å². The molecule has 6 heteroatoms. The highest BCUT2D eigenvalue weighted by atomic mass is 16.5. The number of nitrogens with zero attached hydrogens (tertiary/aromatic N) is 3.